The van der Waals surface area contributed by atoms with Crippen molar-refractivity contribution in [1.82, 2.24) is 5.32 Å². The maximum atomic E-state index is 12.2. The van der Waals surface area contributed by atoms with Gasteiger partial charge in [0.05, 0.1) is 11.9 Å². The van der Waals surface area contributed by atoms with Gasteiger partial charge in [0.1, 0.15) is 0 Å². The van der Waals surface area contributed by atoms with E-state index in [4.69, 9.17) is 4.74 Å². The second-order valence-corrected chi connectivity index (χ2v) is 7.03. The Morgan fingerprint density at radius 1 is 1.35 bits per heavy atom. The average molecular weight is 259 g/mol. The van der Waals surface area contributed by atoms with Gasteiger partial charge < -0.3 is 10.1 Å². The second kappa shape index (κ2) is 6.86. The molecule has 1 heterocycles. The summed E-state index contributed by atoms with van der Waals surface area (Å²) in [5.41, 5.74) is 0. The minimum Gasteiger partial charge on any atom is -0.377 e. The summed E-state index contributed by atoms with van der Waals surface area (Å²) >= 11 is 0. The molecule has 2 fully saturated rings. The molecule has 0 amide bonds. The summed E-state index contributed by atoms with van der Waals surface area (Å²) in [6.45, 7) is 4.15. The van der Waals surface area contributed by atoms with Crippen LogP contribution >= 0.6 is 0 Å². The lowest BCUT2D eigenvalue weighted by atomic mass is 10.2. The van der Waals surface area contributed by atoms with Crippen molar-refractivity contribution in [2.45, 2.75) is 62.8 Å². The first-order valence-corrected chi connectivity index (χ1v) is 8.40. The van der Waals surface area contributed by atoms with Gasteiger partial charge in [-0.3, -0.25) is 4.21 Å². The summed E-state index contributed by atoms with van der Waals surface area (Å²) in [4.78, 5) is 0. The highest BCUT2D eigenvalue weighted by molar-refractivity contribution is 7.85. The maximum Gasteiger partial charge on any atom is 0.0691 e. The molecule has 1 saturated carbocycles. The Morgan fingerprint density at radius 2 is 2.24 bits per heavy atom. The maximum absolute atomic E-state index is 12.2. The Hall–Kier alpha value is 0.0700. The van der Waals surface area contributed by atoms with E-state index in [9.17, 15) is 4.21 Å². The van der Waals surface area contributed by atoms with Crippen LogP contribution in [0.15, 0.2) is 0 Å². The quantitative estimate of drug-likeness (QED) is 0.791. The fourth-order valence-corrected chi connectivity index (χ4v) is 4.56. The fourth-order valence-electron chi connectivity index (χ4n) is 2.81. The molecule has 4 unspecified atom stereocenters. The molecule has 17 heavy (non-hydrogen) atoms. The van der Waals surface area contributed by atoms with Crippen LogP contribution in [0.3, 0.4) is 0 Å². The van der Waals surface area contributed by atoms with Crippen LogP contribution in [0.4, 0.5) is 0 Å². The number of ether oxygens (including phenoxy) is 1. The van der Waals surface area contributed by atoms with E-state index in [0.717, 1.165) is 44.6 Å². The largest absolute Gasteiger partial charge is 0.377 e. The molecule has 1 aliphatic heterocycles. The lowest BCUT2D eigenvalue weighted by Gasteiger charge is -2.15. The van der Waals surface area contributed by atoms with E-state index < -0.39 is 10.8 Å². The molecule has 0 bridgehead atoms. The van der Waals surface area contributed by atoms with Crippen LogP contribution in [-0.2, 0) is 15.5 Å². The molecule has 1 aliphatic carbocycles. The predicted molar refractivity (Wildman–Crippen MR) is 71.7 cm³/mol. The van der Waals surface area contributed by atoms with Crippen LogP contribution in [0.5, 0.6) is 0 Å². The number of nitrogens with one attached hydrogen (secondary N) is 1. The molecule has 4 heteroatoms. The Bertz CT molecular complexity index is 254. The number of hydrogen-bond donors (Lipinski definition) is 1. The van der Waals surface area contributed by atoms with E-state index in [1.807, 2.05) is 0 Å². The minimum absolute atomic E-state index is 0.276. The molecule has 0 spiro atoms. The topological polar surface area (TPSA) is 38.3 Å². The summed E-state index contributed by atoms with van der Waals surface area (Å²) in [6, 6.07) is 0.605. The van der Waals surface area contributed by atoms with E-state index in [0.29, 0.717) is 11.3 Å². The van der Waals surface area contributed by atoms with Crippen LogP contribution < -0.4 is 5.32 Å². The Balaban J connectivity index is 1.69. The van der Waals surface area contributed by atoms with Gasteiger partial charge in [-0.05, 0) is 45.1 Å². The van der Waals surface area contributed by atoms with Crippen LogP contribution in [0, 0.1) is 0 Å². The molecule has 3 nitrogen and oxygen atoms in total. The SMILES string of the molecule is CCCNC1CCC(S(=O)CC2CCCO2)C1. The van der Waals surface area contributed by atoms with Crippen molar-refractivity contribution >= 4 is 10.8 Å². The van der Waals surface area contributed by atoms with E-state index >= 15 is 0 Å². The lowest BCUT2D eigenvalue weighted by Crippen LogP contribution is -2.29. The molecule has 1 N–H and O–H groups in total. The summed E-state index contributed by atoms with van der Waals surface area (Å²) < 4.78 is 17.8. The van der Waals surface area contributed by atoms with Crippen LogP contribution in [-0.4, -0.2) is 40.5 Å². The van der Waals surface area contributed by atoms with Gasteiger partial charge in [-0.1, -0.05) is 6.92 Å². The van der Waals surface area contributed by atoms with Gasteiger partial charge >= 0.3 is 0 Å². The van der Waals surface area contributed by atoms with Crippen LogP contribution in [0.1, 0.15) is 45.4 Å². The minimum atomic E-state index is -0.676. The first-order valence-electron chi connectivity index (χ1n) is 7.01. The lowest BCUT2D eigenvalue weighted by molar-refractivity contribution is 0.128. The van der Waals surface area contributed by atoms with Gasteiger partial charge in [0, 0.05) is 28.7 Å². The van der Waals surface area contributed by atoms with Crippen molar-refractivity contribution in [2.24, 2.45) is 0 Å². The van der Waals surface area contributed by atoms with Crippen molar-refractivity contribution in [3.63, 3.8) is 0 Å². The summed E-state index contributed by atoms with van der Waals surface area (Å²) in [5, 5.41) is 3.95. The van der Waals surface area contributed by atoms with Gasteiger partial charge in [-0.15, -0.1) is 0 Å². The zero-order valence-electron chi connectivity index (χ0n) is 10.8. The molecule has 0 radical (unpaired) electrons. The Labute approximate surface area is 107 Å². The summed E-state index contributed by atoms with van der Waals surface area (Å²) in [7, 11) is -0.676. The van der Waals surface area contributed by atoms with Crippen molar-refractivity contribution in [1.29, 1.82) is 0 Å². The molecule has 1 saturated heterocycles. The zero-order valence-corrected chi connectivity index (χ0v) is 11.6. The number of hydrogen-bond acceptors (Lipinski definition) is 3. The molecule has 2 aliphatic rings. The fraction of sp³-hybridized carbons (Fsp3) is 1.00. The average Bonchev–Trinajstić information content (AvgIpc) is 2.96. The molecule has 100 valence electrons. The molecular formula is C13H25NO2S. The van der Waals surface area contributed by atoms with Crippen molar-refractivity contribution in [2.75, 3.05) is 18.9 Å². The molecular weight excluding hydrogens is 234 g/mol. The van der Waals surface area contributed by atoms with Gasteiger partial charge in [0.25, 0.3) is 0 Å². The zero-order chi connectivity index (χ0) is 12.1. The van der Waals surface area contributed by atoms with Crippen molar-refractivity contribution < 1.29 is 8.95 Å². The van der Waals surface area contributed by atoms with Gasteiger partial charge in [-0.2, -0.15) is 0 Å². The third-order valence-electron chi connectivity index (χ3n) is 3.81. The van der Waals surface area contributed by atoms with Crippen molar-refractivity contribution in [3.8, 4) is 0 Å². The predicted octanol–water partition coefficient (Wildman–Crippen LogP) is 1.83. The molecule has 0 aromatic rings. The smallest absolute Gasteiger partial charge is 0.0691 e. The van der Waals surface area contributed by atoms with Crippen LogP contribution in [0.25, 0.3) is 0 Å². The third-order valence-corrected chi connectivity index (χ3v) is 5.69. The third kappa shape index (κ3) is 4.04. The van der Waals surface area contributed by atoms with Gasteiger partial charge in [0.2, 0.25) is 0 Å². The summed E-state index contributed by atoms with van der Waals surface area (Å²) in [5.74, 6) is 0.769. The van der Waals surface area contributed by atoms with E-state index in [2.05, 4.69) is 12.2 Å². The molecule has 0 aromatic carbocycles. The Morgan fingerprint density at radius 3 is 2.94 bits per heavy atom. The standard InChI is InChI=1S/C13H25NO2S/c1-2-7-14-11-5-6-13(9-11)17(15)10-12-4-3-8-16-12/h11-14H,2-10H2,1H3. The van der Waals surface area contributed by atoms with E-state index in [1.54, 1.807) is 0 Å². The first-order chi connectivity index (χ1) is 8.29. The molecule has 2 rings (SSSR count). The first kappa shape index (κ1) is 13.5. The van der Waals surface area contributed by atoms with E-state index in [1.165, 1.54) is 12.8 Å². The highest BCUT2D eigenvalue weighted by atomic mass is 32.2. The normalized spacial score (nSPS) is 35.2. The number of rotatable bonds is 6. The van der Waals surface area contributed by atoms with Crippen molar-refractivity contribution in [3.05, 3.63) is 0 Å². The van der Waals surface area contributed by atoms with Gasteiger partial charge in [0.15, 0.2) is 0 Å². The monoisotopic (exact) mass is 259 g/mol. The second-order valence-electron chi connectivity index (χ2n) is 5.27. The van der Waals surface area contributed by atoms with E-state index in [-0.39, 0.29) is 6.10 Å². The molecule has 4 atom stereocenters. The van der Waals surface area contributed by atoms with Crippen LogP contribution in [0.2, 0.25) is 0 Å². The Kier molecular flexibility index (Phi) is 5.45. The highest BCUT2D eigenvalue weighted by Crippen LogP contribution is 2.25. The van der Waals surface area contributed by atoms with Gasteiger partial charge in [-0.25, -0.2) is 0 Å². The molecule has 0 aromatic heterocycles. The highest BCUT2D eigenvalue weighted by Gasteiger charge is 2.30. The summed E-state index contributed by atoms with van der Waals surface area (Å²) in [6.07, 6.45) is 7.13.